The maximum Gasteiger partial charge on any atom is 0.223 e. The molecular weight excluding hydrogens is 322 g/mol. The van der Waals surface area contributed by atoms with Crippen LogP contribution in [0.2, 0.25) is 0 Å². The molecule has 128 valence electrons. The fraction of sp³-hybridized carbons (Fsp3) is 0.263. The molecule has 0 amide bonds. The van der Waals surface area contributed by atoms with E-state index in [0.29, 0.717) is 5.56 Å². The Balaban J connectivity index is 2.48. The van der Waals surface area contributed by atoms with Gasteiger partial charge in [0.1, 0.15) is 10.9 Å². The highest BCUT2D eigenvalue weighted by atomic mass is 32.2. The van der Waals surface area contributed by atoms with Crippen molar-refractivity contribution in [3.8, 4) is 0 Å². The number of aliphatic hydroxyl groups is 1. The zero-order chi connectivity index (χ0) is 17.8. The summed E-state index contributed by atoms with van der Waals surface area (Å²) >= 11 is 0. The first-order valence-corrected chi connectivity index (χ1v) is 9.18. The van der Waals surface area contributed by atoms with Gasteiger partial charge in [0, 0.05) is 14.1 Å². The fourth-order valence-corrected chi connectivity index (χ4v) is 4.17. The van der Waals surface area contributed by atoms with Gasteiger partial charge in [0.15, 0.2) is 0 Å². The molecule has 0 spiro atoms. The molecule has 2 unspecified atom stereocenters. The molecule has 0 aromatic heterocycles. The van der Waals surface area contributed by atoms with Crippen LogP contribution in [0.5, 0.6) is 0 Å². The molecule has 2 aromatic rings. The molecule has 24 heavy (non-hydrogen) atoms. The van der Waals surface area contributed by atoms with Crippen LogP contribution in [-0.4, -0.2) is 37.5 Å². The van der Waals surface area contributed by atoms with Gasteiger partial charge in [-0.2, -0.15) is 0 Å². The molecule has 4 nitrogen and oxygen atoms in total. The molecule has 2 aromatic carbocycles. The second-order valence-corrected chi connectivity index (χ2v) is 8.32. The van der Waals surface area contributed by atoms with Crippen LogP contribution >= 0.6 is 0 Å². The Morgan fingerprint density at radius 2 is 1.50 bits per heavy atom. The summed E-state index contributed by atoms with van der Waals surface area (Å²) in [5.41, 5.74) is -0.124. The minimum atomic E-state index is -3.72. The molecule has 0 aliphatic rings. The van der Waals surface area contributed by atoms with Crippen molar-refractivity contribution in [3.63, 3.8) is 0 Å². The average molecular weight is 345 g/mol. The Bertz CT molecular complexity index is 782. The van der Waals surface area contributed by atoms with E-state index in [1.54, 1.807) is 36.4 Å². The molecule has 5 heteroatoms. The van der Waals surface area contributed by atoms with E-state index in [0.717, 1.165) is 9.87 Å². The van der Waals surface area contributed by atoms with Crippen molar-refractivity contribution in [3.05, 3.63) is 77.9 Å². The van der Waals surface area contributed by atoms with E-state index >= 15 is 0 Å². The third-order valence-electron chi connectivity index (χ3n) is 3.85. The lowest BCUT2D eigenvalue weighted by Gasteiger charge is -2.32. The monoisotopic (exact) mass is 345 g/mol. The molecule has 0 saturated carbocycles. The number of hydrogen-bond donors (Lipinski definition) is 1. The summed E-state index contributed by atoms with van der Waals surface area (Å²) < 4.78 is 26.8. The molecule has 0 fully saturated rings. The molecule has 2 rings (SSSR count). The van der Waals surface area contributed by atoms with Gasteiger partial charge in [0.05, 0.1) is 0 Å². The summed E-state index contributed by atoms with van der Waals surface area (Å²) in [6.07, 6.45) is 3.28. The summed E-state index contributed by atoms with van der Waals surface area (Å²) in [4.78, 5) is 0. The normalized spacial score (nSPS) is 16.2. The minimum Gasteiger partial charge on any atom is -0.384 e. The summed E-state index contributed by atoms with van der Waals surface area (Å²) in [5, 5.41) is 9.88. The van der Waals surface area contributed by atoms with Gasteiger partial charge in [-0.25, -0.2) is 12.7 Å². The van der Waals surface area contributed by atoms with Crippen LogP contribution in [0.1, 0.15) is 23.3 Å². The smallest absolute Gasteiger partial charge is 0.223 e. The number of benzene rings is 2. The van der Waals surface area contributed by atoms with Crippen LogP contribution in [0.3, 0.4) is 0 Å². The number of nitrogens with zero attached hydrogens (tertiary/aromatic N) is 1. The van der Waals surface area contributed by atoms with Crippen LogP contribution in [0.25, 0.3) is 6.08 Å². The Morgan fingerprint density at radius 1 is 1.00 bits per heavy atom. The summed E-state index contributed by atoms with van der Waals surface area (Å²) in [6.45, 7) is 1.52. The molecule has 0 aliphatic heterocycles. The van der Waals surface area contributed by atoms with Crippen LogP contribution in [0.4, 0.5) is 0 Å². The molecule has 0 saturated heterocycles. The second-order valence-electron chi connectivity index (χ2n) is 6.09. The Hall–Kier alpha value is -1.95. The highest BCUT2D eigenvalue weighted by Crippen LogP contribution is 2.36. The van der Waals surface area contributed by atoms with Gasteiger partial charge in [-0.15, -0.1) is 0 Å². The van der Waals surface area contributed by atoms with Crippen molar-refractivity contribution < 1.29 is 13.5 Å². The van der Waals surface area contributed by atoms with Crippen LogP contribution in [0, 0.1) is 0 Å². The quantitative estimate of drug-likeness (QED) is 0.875. The summed E-state index contributed by atoms with van der Waals surface area (Å²) in [5.74, 6) is 0. The van der Waals surface area contributed by atoms with E-state index < -0.39 is 20.9 Å². The lowest BCUT2D eigenvalue weighted by atomic mass is 9.94. The first-order chi connectivity index (χ1) is 11.2. The molecule has 1 N–H and O–H groups in total. The first-order valence-electron chi connectivity index (χ1n) is 7.68. The standard InChI is InChI=1S/C19H23NO3S/c1-19(21,15-14-16-10-6-4-7-11-16)18(24(22,23)20(2)3)17-12-8-5-9-13-17/h4-15,18,21H,1-3H3/b15-14+. The topological polar surface area (TPSA) is 57.6 Å². The van der Waals surface area contributed by atoms with Gasteiger partial charge in [0.2, 0.25) is 10.0 Å². The Labute approximate surface area is 144 Å². The lowest BCUT2D eigenvalue weighted by Crippen LogP contribution is -2.41. The van der Waals surface area contributed by atoms with Crippen LogP contribution in [-0.2, 0) is 10.0 Å². The number of hydrogen-bond acceptors (Lipinski definition) is 3. The third-order valence-corrected chi connectivity index (χ3v) is 6.22. The molecule has 0 radical (unpaired) electrons. The fourth-order valence-electron chi connectivity index (χ4n) is 2.57. The zero-order valence-electron chi connectivity index (χ0n) is 14.1. The second kappa shape index (κ2) is 7.30. The molecule has 0 heterocycles. The lowest BCUT2D eigenvalue weighted by molar-refractivity contribution is 0.105. The predicted octanol–water partition coefficient (Wildman–Crippen LogP) is 3.08. The summed E-state index contributed by atoms with van der Waals surface area (Å²) in [7, 11) is -0.773. The van der Waals surface area contributed by atoms with E-state index in [4.69, 9.17) is 0 Å². The van der Waals surface area contributed by atoms with Crippen LogP contribution < -0.4 is 0 Å². The van der Waals surface area contributed by atoms with E-state index in [1.165, 1.54) is 21.0 Å². The average Bonchev–Trinajstić information content (AvgIpc) is 2.54. The van der Waals surface area contributed by atoms with Gasteiger partial charge in [-0.05, 0) is 18.1 Å². The Kier molecular flexibility index (Phi) is 5.59. The van der Waals surface area contributed by atoms with Gasteiger partial charge in [-0.3, -0.25) is 0 Å². The molecule has 2 atom stereocenters. The van der Waals surface area contributed by atoms with Gasteiger partial charge in [-0.1, -0.05) is 72.8 Å². The minimum absolute atomic E-state index is 0.550. The first kappa shape index (κ1) is 18.4. The third kappa shape index (κ3) is 4.12. The number of sulfonamides is 1. The Morgan fingerprint density at radius 3 is 2.00 bits per heavy atom. The highest BCUT2D eigenvalue weighted by molar-refractivity contribution is 7.89. The molecular formula is C19H23NO3S. The van der Waals surface area contributed by atoms with Gasteiger partial charge in [0.25, 0.3) is 0 Å². The maximum atomic E-state index is 12.8. The molecule has 0 bridgehead atoms. The largest absolute Gasteiger partial charge is 0.384 e. The van der Waals surface area contributed by atoms with E-state index in [1.807, 2.05) is 36.4 Å². The van der Waals surface area contributed by atoms with Crippen molar-refractivity contribution >= 4 is 16.1 Å². The number of rotatable bonds is 6. The predicted molar refractivity (Wildman–Crippen MR) is 97.9 cm³/mol. The van der Waals surface area contributed by atoms with Crippen molar-refractivity contribution in [2.45, 2.75) is 17.8 Å². The maximum absolute atomic E-state index is 12.8. The van der Waals surface area contributed by atoms with Crippen molar-refractivity contribution in [2.75, 3.05) is 14.1 Å². The van der Waals surface area contributed by atoms with Gasteiger partial charge >= 0.3 is 0 Å². The highest BCUT2D eigenvalue weighted by Gasteiger charge is 2.42. The molecule has 0 aliphatic carbocycles. The SMILES string of the molecule is CN(C)S(=O)(=O)C(c1ccccc1)C(C)(O)/C=C/c1ccccc1. The zero-order valence-corrected chi connectivity index (χ0v) is 14.9. The van der Waals surface area contributed by atoms with Crippen molar-refractivity contribution in [2.24, 2.45) is 0 Å². The van der Waals surface area contributed by atoms with Gasteiger partial charge < -0.3 is 5.11 Å². The van der Waals surface area contributed by atoms with E-state index in [2.05, 4.69) is 0 Å². The van der Waals surface area contributed by atoms with Crippen molar-refractivity contribution in [1.29, 1.82) is 0 Å². The van der Waals surface area contributed by atoms with E-state index in [-0.39, 0.29) is 0 Å². The van der Waals surface area contributed by atoms with E-state index in [9.17, 15) is 13.5 Å². The van der Waals surface area contributed by atoms with Crippen LogP contribution in [0.15, 0.2) is 66.7 Å². The van der Waals surface area contributed by atoms with Crippen molar-refractivity contribution in [1.82, 2.24) is 4.31 Å². The summed E-state index contributed by atoms with van der Waals surface area (Å²) in [6, 6.07) is 18.3.